The van der Waals surface area contributed by atoms with Crippen LogP contribution in [0.3, 0.4) is 0 Å². The lowest BCUT2D eigenvalue weighted by atomic mass is 9.83. The number of hydrogen-bond acceptors (Lipinski definition) is 6. The van der Waals surface area contributed by atoms with Crippen molar-refractivity contribution in [2.75, 3.05) is 39.9 Å². The van der Waals surface area contributed by atoms with Crippen molar-refractivity contribution < 1.29 is 107 Å². The number of nitrogen functional groups attached to an aromatic ring is 2. The van der Waals surface area contributed by atoms with Gasteiger partial charge in [-0.1, -0.05) is 0 Å². The molecule has 0 spiro atoms. The topological polar surface area (TPSA) is 89.0 Å². The van der Waals surface area contributed by atoms with E-state index < -0.39 is 129 Å². The summed E-state index contributed by atoms with van der Waals surface area (Å²) in [5.74, 6) is -89.0. The molecule has 2 aromatic carbocycles. The third kappa shape index (κ3) is 5.55. The first-order valence-corrected chi connectivity index (χ1v) is 12.9. The second kappa shape index (κ2) is 12.8. The quantitative estimate of drug-likeness (QED) is 0.138. The van der Waals surface area contributed by atoms with Crippen LogP contribution in [0.5, 0.6) is 23.0 Å². The van der Waals surface area contributed by atoms with E-state index in [2.05, 4.69) is 18.9 Å². The summed E-state index contributed by atoms with van der Waals surface area (Å²) in [6.45, 7) is 0. The van der Waals surface area contributed by atoms with Crippen LogP contribution in [0.4, 0.5) is 99.2 Å². The Morgan fingerprint density at radius 3 is 0.635 bits per heavy atom. The number of hydrogen-bond donors (Lipinski definition) is 2. The normalized spacial score (nSPS) is 14.7. The van der Waals surface area contributed by atoms with E-state index in [1.54, 1.807) is 0 Å². The highest BCUT2D eigenvalue weighted by Crippen LogP contribution is 2.68. The van der Waals surface area contributed by atoms with Crippen molar-refractivity contribution in [2.45, 2.75) is 59.2 Å². The van der Waals surface area contributed by atoms with Crippen LogP contribution in [0.25, 0.3) is 0 Å². The fraction of sp³-hybridized carbons (Fsp3) is 0.538. The van der Waals surface area contributed by atoms with Crippen LogP contribution in [0.2, 0.25) is 0 Å². The van der Waals surface area contributed by atoms with Gasteiger partial charge in [-0.25, -0.2) is 0 Å². The molecule has 2 aromatic rings. The molecule has 0 saturated heterocycles. The molecule has 0 bridgehead atoms. The Labute approximate surface area is 276 Å². The molecule has 0 radical (unpaired) electrons. The monoisotopic (exact) mass is 804 g/mol. The Morgan fingerprint density at radius 2 is 0.481 bits per heavy atom. The van der Waals surface area contributed by atoms with Crippen LogP contribution in [-0.4, -0.2) is 75.8 Å². The van der Waals surface area contributed by atoms with E-state index in [0.717, 1.165) is 0 Å². The zero-order chi connectivity index (χ0) is 41.3. The lowest BCUT2D eigenvalue weighted by Crippen LogP contribution is -2.76. The second-order valence-electron chi connectivity index (χ2n) is 10.3. The van der Waals surface area contributed by atoms with Gasteiger partial charge in [-0.05, 0) is 24.3 Å². The van der Waals surface area contributed by atoms with Gasteiger partial charge in [-0.2, -0.15) is 87.8 Å². The molecule has 52 heavy (non-hydrogen) atoms. The molecule has 4 N–H and O–H groups in total. The number of benzene rings is 2. The van der Waals surface area contributed by atoms with E-state index >= 15 is 0 Å². The van der Waals surface area contributed by atoms with Crippen molar-refractivity contribution in [3.8, 4) is 23.0 Å². The van der Waals surface area contributed by atoms with Gasteiger partial charge in [0, 0.05) is 11.1 Å². The van der Waals surface area contributed by atoms with Gasteiger partial charge in [-0.15, -0.1) is 0 Å². The van der Waals surface area contributed by atoms with Crippen molar-refractivity contribution >= 4 is 11.4 Å². The molecule has 0 heterocycles. The highest BCUT2D eigenvalue weighted by Gasteiger charge is 2.97. The van der Waals surface area contributed by atoms with Crippen LogP contribution in [-0.2, 0) is 11.8 Å². The summed E-state index contributed by atoms with van der Waals surface area (Å²) in [4.78, 5) is 0. The summed E-state index contributed by atoms with van der Waals surface area (Å²) in [6.07, 6.45) is 0. The van der Waals surface area contributed by atoms with Gasteiger partial charge in [0.2, 0.25) is 0 Å². The molecule has 298 valence electrons. The van der Waals surface area contributed by atoms with Gasteiger partial charge < -0.3 is 30.4 Å². The first-order chi connectivity index (χ1) is 23.0. The Bertz CT molecular complexity index is 1480. The predicted octanol–water partition coefficient (Wildman–Crippen LogP) is 8.85. The fourth-order valence-corrected chi connectivity index (χ4v) is 4.18. The summed E-state index contributed by atoms with van der Waals surface area (Å²) in [6, 6.07) is -1.68. The van der Waals surface area contributed by atoms with Crippen molar-refractivity contribution in [2.24, 2.45) is 0 Å². The number of anilines is 2. The van der Waals surface area contributed by atoms with Crippen LogP contribution in [0, 0.1) is 0 Å². The number of rotatable bonds is 15. The molecular weight excluding hydrogens is 784 g/mol. The minimum atomic E-state index is -9.20. The molecular formula is C26H20F20N2O4. The molecule has 0 unspecified atom stereocenters. The van der Waals surface area contributed by atoms with E-state index in [4.69, 9.17) is 11.5 Å². The third-order valence-electron chi connectivity index (χ3n) is 7.36. The molecule has 0 aromatic heterocycles. The molecule has 2 rings (SSSR count). The molecule has 0 aliphatic carbocycles. The van der Waals surface area contributed by atoms with Gasteiger partial charge in [0.1, 0.15) is 34.4 Å². The van der Waals surface area contributed by atoms with E-state index in [1.165, 1.54) is 0 Å². The molecule has 0 atom stereocenters. The lowest BCUT2D eigenvalue weighted by Gasteiger charge is -2.45. The van der Waals surface area contributed by atoms with E-state index in [0.29, 0.717) is 28.4 Å². The summed E-state index contributed by atoms with van der Waals surface area (Å²) in [5.41, 5.74) is 3.57. The Balaban J connectivity index is 2.80. The zero-order valence-electron chi connectivity index (χ0n) is 25.7. The average Bonchev–Trinajstić information content (AvgIpc) is 3.03. The second-order valence-corrected chi connectivity index (χ2v) is 10.3. The van der Waals surface area contributed by atoms with Crippen LogP contribution < -0.4 is 30.4 Å². The van der Waals surface area contributed by atoms with E-state index in [-0.39, 0.29) is 0 Å². The summed E-state index contributed by atoms with van der Waals surface area (Å²) >= 11 is 0. The highest BCUT2D eigenvalue weighted by atomic mass is 19.4. The van der Waals surface area contributed by atoms with Gasteiger partial charge >= 0.3 is 59.2 Å². The number of methoxy groups -OCH3 is 4. The molecule has 0 aliphatic rings. The minimum Gasteiger partial charge on any atom is -0.494 e. The Kier molecular flexibility index (Phi) is 10.8. The smallest absolute Gasteiger partial charge is 0.385 e. The van der Waals surface area contributed by atoms with Gasteiger partial charge in [0.15, 0.2) is 0 Å². The van der Waals surface area contributed by atoms with E-state index in [1.807, 2.05) is 0 Å². The average molecular weight is 804 g/mol. The molecule has 26 heteroatoms. The predicted molar refractivity (Wildman–Crippen MR) is 135 cm³/mol. The molecule has 6 nitrogen and oxygen atoms in total. The first kappa shape index (κ1) is 44.0. The lowest BCUT2D eigenvalue weighted by molar-refractivity contribution is -0.470. The van der Waals surface area contributed by atoms with Crippen molar-refractivity contribution in [1.82, 2.24) is 0 Å². The maximum Gasteiger partial charge on any atom is 0.385 e. The zero-order valence-corrected chi connectivity index (χ0v) is 25.7. The summed E-state index contributed by atoms with van der Waals surface area (Å²) in [5, 5.41) is 0. The summed E-state index contributed by atoms with van der Waals surface area (Å²) in [7, 11) is 2.20. The van der Waals surface area contributed by atoms with Crippen molar-refractivity contribution in [3.05, 3.63) is 35.4 Å². The van der Waals surface area contributed by atoms with Gasteiger partial charge in [0.05, 0.1) is 28.4 Å². The molecule has 0 saturated carbocycles. The largest absolute Gasteiger partial charge is 0.494 e. The van der Waals surface area contributed by atoms with Crippen LogP contribution in [0.1, 0.15) is 11.1 Å². The first-order valence-electron chi connectivity index (χ1n) is 12.9. The maximum atomic E-state index is 14.8. The number of alkyl halides is 20. The Hall–Kier alpha value is -4.16. The molecule has 0 aliphatic heterocycles. The molecule has 0 fully saturated rings. The standard InChI is InChI=1S/C26H20F20N2O4/c1-49-11-5-9(6-12(50-2)15(11)47)17(27,28)19(31,32)21(35,36)23(39,40)25(43,44)26(45,46)24(41,42)22(37,38)20(33,34)18(29,30)10-7-13(51-3)16(48)14(8-10)52-4/h5-8H,47-48H2,1-4H3. The number of halogens is 20. The van der Waals surface area contributed by atoms with Crippen molar-refractivity contribution in [3.63, 3.8) is 0 Å². The maximum absolute atomic E-state index is 14.8. The van der Waals surface area contributed by atoms with Gasteiger partial charge in [0.25, 0.3) is 0 Å². The highest BCUT2D eigenvalue weighted by molar-refractivity contribution is 5.66. The number of ether oxygens (including phenoxy) is 4. The Morgan fingerprint density at radius 1 is 0.327 bits per heavy atom. The number of nitrogens with two attached hydrogens (primary N) is 2. The van der Waals surface area contributed by atoms with E-state index in [9.17, 15) is 87.8 Å². The third-order valence-corrected chi connectivity index (χ3v) is 7.36. The SMILES string of the molecule is COc1cc(C(F)(F)C(F)(F)C(F)(F)C(F)(F)C(F)(F)C(F)(F)C(F)(F)C(F)(F)C(F)(F)C(F)(F)c2cc(OC)c(N)c(OC)c2)cc(OC)c1N. The van der Waals surface area contributed by atoms with Crippen molar-refractivity contribution in [1.29, 1.82) is 0 Å². The summed E-state index contributed by atoms with van der Waals surface area (Å²) < 4.78 is 309. The van der Waals surface area contributed by atoms with Crippen LogP contribution in [0.15, 0.2) is 24.3 Å². The van der Waals surface area contributed by atoms with Gasteiger partial charge in [-0.3, -0.25) is 0 Å². The van der Waals surface area contributed by atoms with Crippen LogP contribution >= 0.6 is 0 Å². The fourth-order valence-electron chi connectivity index (χ4n) is 4.18. The minimum absolute atomic E-state index is 0.421. The molecule has 0 amide bonds.